The number of thiazole rings is 2. The van der Waals surface area contributed by atoms with Crippen molar-refractivity contribution in [3.63, 3.8) is 0 Å². The average molecular weight is 589 g/mol. The maximum atomic E-state index is 9.01. The summed E-state index contributed by atoms with van der Waals surface area (Å²) in [6.45, 7) is 4.11. The first-order valence-electron chi connectivity index (χ1n) is 11.5. The van der Waals surface area contributed by atoms with Crippen molar-refractivity contribution in [1.82, 2.24) is 9.97 Å². The Morgan fingerprint density at radius 1 is 0.625 bits per heavy atom. The third kappa shape index (κ3) is 4.32. The monoisotopic (exact) mass is 588 g/mol. The Bertz CT molecular complexity index is 2060. The van der Waals surface area contributed by atoms with Crippen LogP contribution in [0.1, 0.15) is 11.1 Å². The second kappa shape index (κ2) is 10.1. The molecule has 6 rings (SSSR count). The van der Waals surface area contributed by atoms with Crippen molar-refractivity contribution in [1.29, 1.82) is 21.0 Å². The van der Waals surface area contributed by atoms with Gasteiger partial charge in [-0.3, -0.25) is 0 Å². The van der Waals surface area contributed by atoms with Gasteiger partial charge in [-0.15, -0.1) is 45.3 Å². The Kier molecular flexibility index (Phi) is 6.40. The van der Waals surface area contributed by atoms with Crippen LogP contribution in [-0.4, -0.2) is 21.4 Å². The first-order valence-corrected chi connectivity index (χ1v) is 14.8. The van der Waals surface area contributed by atoms with Crippen LogP contribution in [0.15, 0.2) is 46.4 Å². The van der Waals surface area contributed by atoms with Gasteiger partial charge in [0, 0.05) is 10.8 Å². The summed E-state index contributed by atoms with van der Waals surface area (Å²) in [6.07, 6.45) is 0. The zero-order chi connectivity index (χ0) is 28.0. The van der Waals surface area contributed by atoms with Crippen LogP contribution in [0.5, 0.6) is 0 Å². The number of aliphatic imine (C=N–C) groups is 2. The molecule has 0 saturated heterocycles. The van der Waals surface area contributed by atoms with Crippen molar-refractivity contribution >= 4 is 98.0 Å². The number of hydrogen-bond acceptors (Lipinski definition) is 12. The molecule has 0 spiro atoms. The van der Waals surface area contributed by atoms with E-state index >= 15 is 0 Å². The van der Waals surface area contributed by atoms with Gasteiger partial charge in [-0.1, -0.05) is 0 Å². The Morgan fingerprint density at radius 2 is 1.02 bits per heavy atom. The van der Waals surface area contributed by atoms with Crippen molar-refractivity contribution < 1.29 is 0 Å². The highest BCUT2D eigenvalue weighted by molar-refractivity contribution is 7.28. The second-order valence-electron chi connectivity index (χ2n) is 8.52. The molecule has 0 fully saturated rings. The summed E-state index contributed by atoms with van der Waals surface area (Å²) in [7, 11) is 0. The molecule has 12 heteroatoms. The number of thiophene rings is 2. The maximum Gasteiger partial charge on any atom is 0.219 e. The third-order valence-corrected chi connectivity index (χ3v) is 10.4. The van der Waals surface area contributed by atoms with E-state index in [2.05, 4.69) is 36.0 Å². The molecular weight excluding hydrogens is 577 g/mol. The number of aryl methyl sites for hydroxylation is 2. The molecule has 0 amide bonds. The molecule has 0 bridgehead atoms. The van der Waals surface area contributed by atoms with Gasteiger partial charge in [-0.25, -0.2) is 20.0 Å². The van der Waals surface area contributed by atoms with Gasteiger partial charge in [0.25, 0.3) is 0 Å². The van der Waals surface area contributed by atoms with Crippen molar-refractivity contribution in [3.05, 3.63) is 47.5 Å². The van der Waals surface area contributed by atoms with E-state index in [1.54, 1.807) is 59.1 Å². The minimum atomic E-state index is -0.177. The maximum absolute atomic E-state index is 9.01. The minimum Gasteiger partial charge on any atom is -0.235 e. The van der Waals surface area contributed by atoms with Gasteiger partial charge in [0.05, 0.1) is 30.2 Å². The van der Waals surface area contributed by atoms with E-state index in [0.29, 0.717) is 10.0 Å². The minimum absolute atomic E-state index is 0.177. The van der Waals surface area contributed by atoms with Gasteiger partial charge in [-0.2, -0.15) is 21.0 Å². The summed E-state index contributed by atoms with van der Waals surface area (Å²) >= 11 is 6.01. The van der Waals surface area contributed by atoms with Gasteiger partial charge in [-0.05, 0) is 61.4 Å². The topological polar surface area (TPSA) is 146 Å². The van der Waals surface area contributed by atoms with Crippen LogP contribution in [0.25, 0.3) is 51.0 Å². The van der Waals surface area contributed by atoms with E-state index in [1.165, 1.54) is 22.7 Å². The van der Waals surface area contributed by atoms with Crippen LogP contribution < -0.4 is 0 Å². The first-order chi connectivity index (χ1) is 19.4. The summed E-state index contributed by atoms with van der Waals surface area (Å²) < 4.78 is 2.18. The highest BCUT2D eigenvalue weighted by Crippen LogP contribution is 2.45. The number of nitrogens with zero attached hydrogens (tertiary/aromatic N) is 8. The zero-order valence-electron chi connectivity index (χ0n) is 20.7. The van der Waals surface area contributed by atoms with E-state index in [1.807, 2.05) is 12.1 Å². The molecule has 8 nitrogen and oxygen atoms in total. The lowest BCUT2D eigenvalue weighted by atomic mass is 10.0. The van der Waals surface area contributed by atoms with E-state index in [0.717, 1.165) is 62.1 Å². The Labute approximate surface area is 243 Å². The predicted molar refractivity (Wildman–Crippen MR) is 163 cm³/mol. The molecule has 40 heavy (non-hydrogen) atoms. The SMILES string of the molecule is Cc1cc2c(cc(C)c3nc(-c4ccc(N=C(C#N)C#N)s4)sc32)c2sc(-c3ccc(N=C(C#N)C#N)s3)nc12. The Morgan fingerprint density at radius 3 is 1.40 bits per heavy atom. The van der Waals surface area contributed by atoms with E-state index in [9.17, 15) is 0 Å². The second-order valence-corrected chi connectivity index (χ2v) is 12.6. The van der Waals surface area contributed by atoms with Crippen molar-refractivity contribution in [3.8, 4) is 44.0 Å². The molecule has 4 aromatic heterocycles. The standard InChI is InChI=1S/C28H12N8S4/c1-13-7-17-18(25-23(13)35-27(39-25)19-3-5-21(37-19)33-15(9-29)10-30)8-14(2)24-26(17)40-28(36-24)20-4-6-22(38-20)34-16(11-31)12-32/h3-8H,1-2H3. The molecule has 0 saturated carbocycles. The summed E-state index contributed by atoms with van der Waals surface area (Å²) in [6, 6.07) is 18.9. The summed E-state index contributed by atoms with van der Waals surface area (Å²) in [5.74, 6) is 0. The molecule has 4 heterocycles. The van der Waals surface area contributed by atoms with Gasteiger partial charge in [0.1, 0.15) is 44.3 Å². The van der Waals surface area contributed by atoms with E-state index in [-0.39, 0.29) is 11.4 Å². The van der Waals surface area contributed by atoms with Crippen molar-refractivity contribution in [2.45, 2.75) is 13.8 Å². The molecule has 2 aromatic carbocycles. The number of hydrogen-bond donors (Lipinski definition) is 0. The number of rotatable bonds is 4. The van der Waals surface area contributed by atoms with E-state index < -0.39 is 0 Å². The molecule has 188 valence electrons. The Balaban J connectivity index is 1.48. The lowest BCUT2D eigenvalue weighted by Crippen LogP contribution is -1.84. The quantitative estimate of drug-likeness (QED) is 0.189. The molecule has 0 unspecified atom stereocenters. The Hall–Kier alpha value is -4.82. The summed E-state index contributed by atoms with van der Waals surface area (Å²) in [4.78, 5) is 20.0. The highest BCUT2D eigenvalue weighted by Gasteiger charge is 2.19. The summed E-state index contributed by atoms with van der Waals surface area (Å²) in [5, 5.41) is 41.2. The van der Waals surface area contributed by atoms with Crippen LogP contribution in [0, 0.1) is 59.2 Å². The van der Waals surface area contributed by atoms with Crippen LogP contribution in [0.4, 0.5) is 10.0 Å². The van der Waals surface area contributed by atoms with Crippen LogP contribution in [0.2, 0.25) is 0 Å². The molecule has 0 radical (unpaired) electrons. The van der Waals surface area contributed by atoms with Gasteiger partial charge in [0.2, 0.25) is 11.4 Å². The predicted octanol–water partition coefficient (Wildman–Crippen LogP) is 8.37. The fourth-order valence-electron chi connectivity index (χ4n) is 4.23. The van der Waals surface area contributed by atoms with Crippen molar-refractivity contribution in [2.24, 2.45) is 9.98 Å². The van der Waals surface area contributed by atoms with Crippen LogP contribution in [0.3, 0.4) is 0 Å². The summed E-state index contributed by atoms with van der Waals surface area (Å²) in [5.41, 5.74) is 3.65. The smallest absolute Gasteiger partial charge is 0.219 e. The molecule has 0 aliphatic heterocycles. The highest BCUT2D eigenvalue weighted by atomic mass is 32.1. The van der Waals surface area contributed by atoms with Crippen LogP contribution >= 0.6 is 45.3 Å². The molecule has 6 aromatic rings. The molecule has 0 aliphatic carbocycles. The van der Waals surface area contributed by atoms with Gasteiger partial charge in [0.15, 0.2) is 0 Å². The number of aromatic nitrogens is 2. The molecule has 0 N–H and O–H groups in total. The van der Waals surface area contributed by atoms with Gasteiger partial charge < -0.3 is 0 Å². The normalized spacial score (nSPS) is 10.7. The average Bonchev–Trinajstić information content (AvgIpc) is 3.76. The lowest BCUT2D eigenvalue weighted by molar-refractivity contribution is 1.43. The largest absolute Gasteiger partial charge is 0.235 e. The fourth-order valence-corrected chi connectivity index (χ4v) is 8.42. The first kappa shape index (κ1) is 25.5. The fraction of sp³-hybridized carbons (Fsp3) is 0.0714. The lowest BCUT2D eigenvalue weighted by Gasteiger charge is -2.05. The number of benzene rings is 2. The van der Waals surface area contributed by atoms with Crippen molar-refractivity contribution in [2.75, 3.05) is 0 Å². The molecule has 0 atom stereocenters. The zero-order valence-corrected chi connectivity index (χ0v) is 23.9. The number of fused-ring (bicyclic) bond motifs is 5. The third-order valence-electron chi connectivity index (χ3n) is 5.98. The van der Waals surface area contributed by atoms with Crippen LogP contribution in [-0.2, 0) is 0 Å². The molecular formula is C28H12N8S4. The molecule has 0 aliphatic rings. The number of nitriles is 4. The van der Waals surface area contributed by atoms with E-state index in [4.69, 9.17) is 31.0 Å². The van der Waals surface area contributed by atoms with Gasteiger partial charge >= 0.3 is 0 Å².